The maximum Gasteiger partial charge on any atom is 0.417 e. The molecule has 2 aromatic carbocycles. The Labute approximate surface area is 109 Å². The van der Waals surface area contributed by atoms with Gasteiger partial charge in [0, 0.05) is 0 Å². The summed E-state index contributed by atoms with van der Waals surface area (Å²) in [5.74, 6) is 0. The van der Waals surface area contributed by atoms with Crippen LogP contribution < -0.4 is 5.73 Å². The van der Waals surface area contributed by atoms with E-state index in [-0.39, 0.29) is 5.56 Å². The monoisotopic (exact) mass is 265 g/mol. The van der Waals surface area contributed by atoms with E-state index in [4.69, 9.17) is 5.73 Å². The molecule has 0 saturated heterocycles. The summed E-state index contributed by atoms with van der Waals surface area (Å²) >= 11 is 0. The Balaban J connectivity index is 2.50. The van der Waals surface area contributed by atoms with Gasteiger partial charge in [-0.1, -0.05) is 42.5 Å². The first kappa shape index (κ1) is 13.6. The van der Waals surface area contributed by atoms with Crippen LogP contribution in [0.1, 0.15) is 11.1 Å². The Hall–Kier alpha value is -1.81. The molecule has 2 aromatic rings. The molecule has 0 aliphatic rings. The predicted molar refractivity (Wildman–Crippen MR) is 69.6 cm³/mol. The van der Waals surface area contributed by atoms with Crippen LogP contribution in [0.2, 0.25) is 0 Å². The summed E-state index contributed by atoms with van der Waals surface area (Å²) in [7, 11) is 0. The molecule has 0 amide bonds. The normalized spacial score (nSPS) is 11.6. The van der Waals surface area contributed by atoms with Crippen LogP contribution >= 0.6 is 0 Å². The van der Waals surface area contributed by atoms with Gasteiger partial charge in [0.1, 0.15) is 0 Å². The largest absolute Gasteiger partial charge is 0.417 e. The van der Waals surface area contributed by atoms with Crippen LogP contribution in [0.4, 0.5) is 13.2 Å². The molecule has 0 unspecified atom stereocenters. The molecule has 0 saturated carbocycles. The van der Waals surface area contributed by atoms with Gasteiger partial charge >= 0.3 is 6.18 Å². The lowest BCUT2D eigenvalue weighted by Gasteiger charge is -2.13. The number of nitrogens with two attached hydrogens (primary N) is 1. The highest BCUT2D eigenvalue weighted by atomic mass is 19.4. The minimum atomic E-state index is -4.35. The molecule has 19 heavy (non-hydrogen) atoms. The molecule has 2 rings (SSSR count). The van der Waals surface area contributed by atoms with E-state index in [2.05, 4.69) is 0 Å². The Morgan fingerprint density at radius 3 is 2.37 bits per heavy atom. The molecular weight excluding hydrogens is 251 g/mol. The first-order valence-electron chi connectivity index (χ1n) is 5.98. The summed E-state index contributed by atoms with van der Waals surface area (Å²) in [6.45, 7) is 0.477. The molecule has 100 valence electrons. The molecule has 4 heteroatoms. The van der Waals surface area contributed by atoms with Crippen molar-refractivity contribution in [2.45, 2.75) is 12.6 Å². The fourth-order valence-electron chi connectivity index (χ4n) is 2.04. The van der Waals surface area contributed by atoms with Gasteiger partial charge in [0.15, 0.2) is 0 Å². The fraction of sp³-hybridized carbons (Fsp3) is 0.200. The van der Waals surface area contributed by atoms with E-state index < -0.39 is 11.7 Å². The average molecular weight is 265 g/mol. The minimum Gasteiger partial charge on any atom is -0.330 e. The minimum absolute atomic E-state index is 0.203. The van der Waals surface area contributed by atoms with Crippen LogP contribution in [0.5, 0.6) is 0 Å². The van der Waals surface area contributed by atoms with Gasteiger partial charge in [-0.3, -0.25) is 0 Å². The molecule has 1 nitrogen and oxygen atoms in total. The van der Waals surface area contributed by atoms with Gasteiger partial charge in [-0.05, 0) is 35.7 Å². The molecule has 0 aliphatic carbocycles. The van der Waals surface area contributed by atoms with Crippen molar-refractivity contribution in [3.05, 3.63) is 59.7 Å². The zero-order chi connectivity index (χ0) is 13.9. The van der Waals surface area contributed by atoms with E-state index in [1.807, 2.05) is 6.07 Å². The maximum atomic E-state index is 13.0. The number of benzene rings is 2. The van der Waals surface area contributed by atoms with E-state index in [1.165, 1.54) is 12.1 Å². The highest BCUT2D eigenvalue weighted by molar-refractivity contribution is 5.68. The van der Waals surface area contributed by atoms with Crippen LogP contribution in [-0.4, -0.2) is 6.54 Å². The smallest absolute Gasteiger partial charge is 0.330 e. The highest BCUT2D eigenvalue weighted by Crippen LogP contribution is 2.36. The second-order valence-electron chi connectivity index (χ2n) is 4.28. The SMILES string of the molecule is NCCc1cccc(-c2ccccc2C(F)(F)F)c1. The molecule has 0 atom stereocenters. The summed E-state index contributed by atoms with van der Waals surface area (Å²) in [6, 6.07) is 12.7. The molecule has 0 aliphatic heterocycles. The lowest BCUT2D eigenvalue weighted by molar-refractivity contribution is -0.137. The third kappa shape index (κ3) is 3.15. The van der Waals surface area contributed by atoms with Gasteiger partial charge in [-0.25, -0.2) is 0 Å². The Morgan fingerprint density at radius 2 is 1.68 bits per heavy atom. The summed E-state index contributed by atoms with van der Waals surface area (Å²) < 4.78 is 38.9. The van der Waals surface area contributed by atoms with Crippen molar-refractivity contribution in [3.63, 3.8) is 0 Å². The van der Waals surface area contributed by atoms with Crippen LogP contribution in [0.25, 0.3) is 11.1 Å². The topological polar surface area (TPSA) is 26.0 Å². The third-order valence-corrected chi connectivity index (χ3v) is 2.90. The Bertz CT molecular complexity index is 561. The summed E-state index contributed by atoms with van der Waals surface area (Å²) in [5, 5.41) is 0. The van der Waals surface area contributed by atoms with Gasteiger partial charge in [0.25, 0.3) is 0 Å². The van der Waals surface area contributed by atoms with E-state index >= 15 is 0 Å². The van der Waals surface area contributed by atoms with Crippen LogP contribution in [0, 0.1) is 0 Å². The van der Waals surface area contributed by atoms with Crippen molar-refractivity contribution in [2.24, 2.45) is 5.73 Å². The van der Waals surface area contributed by atoms with Gasteiger partial charge in [-0.15, -0.1) is 0 Å². The highest BCUT2D eigenvalue weighted by Gasteiger charge is 2.33. The van der Waals surface area contributed by atoms with Crippen molar-refractivity contribution in [2.75, 3.05) is 6.54 Å². The zero-order valence-electron chi connectivity index (χ0n) is 10.2. The molecule has 0 spiro atoms. The standard InChI is InChI=1S/C15H14F3N/c16-15(17,18)14-7-2-1-6-13(14)12-5-3-4-11(10-12)8-9-19/h1-7,10H,8-9,19H2. The van der Waals surface area contributed by atoms with Gasteiger partial charge in [-0.2, -0.15) is 13.2 Å². The molecule has 0 bridgehead atoms. The number of hydrogen-bond donors (Lipinski definition) is 1. The van der Waals surface area contributed by atoms with Crippen LogP contribution in [0.3, 0.4) is 0 Å². The maximum absolute atomic E-state index is 13.0. The van der Waals surface area contributed by atoms with Gasteiger partial charge < -0.3 is 5.73 Å². The van der Waals surface area contributed by atoms with Gasteiger partial charge in [0.2, 0.25) is 0 Å². The van der Waals surface area contributed by atoms with Crippen LogP contribution in [0.15, 0.2) is 48.5 Å². The lowest BCUT2D eigenvalue weighted by Crippen LogP contribution is -2.07. The first-order chi connectivity index (χ1) is 9.02. The van der Waals surface area contributed by atoms with Crippen molar-refractivity contribution in [3.8, 4) is 11.1 Å². The summed E-state index contributed by atoms with van der Waals surface area (Å²) in [6.07, 6.45) is -3.69. The zero-order valence-corrected chi connectivity index (χ0v) is 10.2. The first-order valence-corrected chi connectivity index (χ1v) is 5.98. The van der Waals surface area contributed by atoms with Crippen LogP contribution in [-0.2, 0) is 12.6 Å². The number of rotatable bonds is 3. The molecular formula is C15H14F3N. The number of halogens is 3. The lowest BCUT2D eigenvalue weighted by atomic mass is 9.97. The quantitative estimate of drug-likeness (QED) is 0.895. The van der Waals surface area contributed by atoms with Crippen molar-refractivity contribution in [1.29, 1.82) is 0 Å². The molecule has 0 fully saturated rings. The van der Waals surface area contributed by atoms with E-state index in [1.54, 1.807) is 24.3 Å². The van der Waals surface area contributed by atoms with Gasteiger partial charge in [0.05, 0.1) is 5.56 Å². The average Bonchev–Trinajstić information content (AvgIpc) is 2.38. The van der Waals surface area contributed by atoms with E-state index in [0.29, 0.717) is 18.5 Å². The predicted octanol–water partition coefficient (Wildman–Crippen LogP) is 3.87. The second kappa shape index (κ2) is 5.45. The van der Waals surface area contributed by atoms with Crippen molar-refractivity contribution < 1.29 is 13.2 Å². The Kier molecular flexibility index (Phi) is 3.90. The van der Waals surface area contributed by atoms with E-state index in [9.17, 15) is 13.2 Å². The molecule has 0 aromatic heterocycles. The molecule has 0 heterocycles. The third-order valence-electron chi connectivity index (χ3n) is 2.90. The summed E-state index contributed by atoms with van der Waals surface area (Å²) in [4.78, 5) is 0. The van der Waals surface area contributed by atoms with E-state index in [0.717, 1.165) is 11.6 Å². The number of alkyl halides is 3. The van der Waals surface area contributed by atoms with Crippen molar-refractivity contribution >= 4 is 0 Å². The molecule has 0 radical (unpaired) electrons. The fourth-order valence-corrected chi connectivity index (χ4v) is 2.04. The number of hydrogen-bond acceptors (Lipinski definition) is 1. The summed E-state index contributed by atoms with van der Waals surface area (Å²) in [5.41, 5.74) is 6.57. The molecule has 2 N–H and O–H groups in total. The Morgan fingerprint density at radius 1 is 0.947 bits per heavy atom. The second-order valence-corrected chi connectivity index (χ2v) is 4.28. The van der Waals surface area contributed by atoms with Crippen molar-refractivity contribution in [1.82, 2.24) is 0 Å².